The van der Waals surface area contributed by atoms with Crippen LogP contribution in [0.15, 0.2) is 16.8 Å². The monoisotopic (exact) mass is 287 g/mol. The Morgan fingerprint density at radius 3 is 3.00 bits per heavy atom. The molecule has 0 aliphatic heterocycles. The number of aliphatic hydroxyl groups is 1. The molecule has 3 nitrogen and oxygen atoms in total. The smallest absolute Gasteiger partial charge is 0.232 e. The lowest BCUT2D eigenvalue weighted by atomic mass is 10.2. The van der Waals surface area contributed by atoms with E-state index in [2.05, 4.69) is 12.2 Å². The molecule has 0 aliphatic carbocycles. The van der Waals surface area contributed by atoms with Crippen LogP contribution in [0.2, 0.25) is 0 Å². The first-order chi connectivity index (χ1) is 8.65. The molecule has 1 amide bonds. The second-order valence-electron chi connectivity index (χ2n) is 4.18. The number of thioether (sulfide) groups is 1. The van der Waals surface area contributed by atoms with Gasteiger partial charge in [-0.05, 0) is 41.5 Å². The van der Waals surface area contributed by atoms with E-state index >= 15 is 0 Å². The van der Waals surface area contributed by atoms with E-state index < -0.39 is 6.10 Å². The van der Waals surface area contributed by atoms with Crippen LogP contribution in [0.1, 0.15) is 38.4 Å². The van der Waals surface area contributed by atoms with Crippen molar-refractivity contribution in [3.63, 3.8) is 0 Å². The Labute approximate surface area is 117 Å². The van der Waals surface area contributed by atoms with Crippen molar-refractivity contribution in [2.45, 2.75) is 38.0 Å². The van der Waals surface area contributed by atoms with Crippen molar-refractivity contribution in [2.24, 2.45) is 0 Å². The molecule has 18 heavy (non-hydrogen) atoms. The Morgan fingerprint density at radius 1 is 1.61 bits per heavy atom. The van der Waals surface area contributed by atoms with E-state index in [-0.39, 0.29) is 17.7 Å². The number of hydrogen-bond acceptors (Lipinski definition) is 4. The maximum Gasteiger partial charge on any atom is 0.232 e. The summed E-state index contributed by atoms with van der Waals surface area (Å²) in [5.41, 5.74) is 0.867. The van der Waals surface area contributed by atoms with Gasteiger partial charge in [-0.2, -0.15) is 11.3 Å². The molecule has 0 spiro atoms. The van der Waals surface area contributed by atoms with Gasteiger partial charge in [-0.15, -0.1) is 11.8 Å². The number of carbonyl (C=O) groups is 1. The first-order valence-electron chi connectivity index (χ1n) is 6.24. The number of carbonyl (C=O) groups excluding carboxylic acids is 1. The Bertz CT molecular complexity index is 341. The molecule has 5 heteroatoms. The van der Waals surface area contributed by atoms with Gasteiger partial charge in [0.05, 0.1) is 11.4 Å². The SMILES string of the molecule is CCCCSC(C)C(=O)NCC(O)c1ccsc1. The molecule has 2 unspecified atom stereocenters. The number of amides is 1. The third-order valence-electron chi connectivity index (χ3n) is 2.63. The Kier molecular flexibility index (Phi) is 7.39. The summed E-state index contributed by atoms with van der Waals surface area (Å²) in [5.74, 6) is 1.02. The largest absolute Gasteiger partial charge is 0.387 e. The van der Waals surface area contributed by atoms with Crippen LogP contribution in [0, 0.1) is 0 Å². The molecule has 2 N–H and O–H groups in total. The highest BCUT2D eigenvalue weighted by molar-refractivity contribution is 8.00. The van der Waals surface area contributed by atoms with Crippen LogP contribution in [0.4, 0.5) is 0 Å². The minimum absolute atomic E-state index is 0.00498. The average Bonchev–Trinajstić information content (AvgIpc) is 2.89. The molecule has 0 radical (unpaired) electrons. The van der Waals surface area contributed by atoms with Gasteiger partial charge in [-0.25, -0.2) is 0 Å². The lowest BCUT2D eigenvalue weighted by molar-refractivity contribution is -0.120. The second-order valence-corrected chi connectivity index (χ2v) is 6.41. The summed E-state index contributed by atoms with van der Waals surface area (Å²) in [5, 5.41) is 16.4. The van der Waals surface area contributed by atoms with Crippen molar-refractivity contribution in [3.8, 4) is 0 Å². The van der Waals surface area contributed by atoms with Gasteiger partial charge in [0.1, 0.15) is 0 Å². The van der Waals surface area contributed by atoms with Crippen LogP contribution in [0.3, 0.4) is 0 Å². The van der Waals surface area contributed by atoms with Gasteiger partial charge in [0.25, 0.3) is 0 Å². The molecule has 0 fully saturated rings. The number of thiophene rings is 1. The van der Waals surface area contributed by atoms with Crippen molar-refractivity contribution >= 4 is 29.0 Å². The zero-order valence-corrected chi connectivity index (χ0v) is 12.5. The molecule has 0 aliphatic rings. The fourth-order valence-corrected chi connectivity index (χ4v) is 3.15. The van der Waals surface area contributed by atoms with E-state index in [1.165, 1.54) is 0 Å². The summed E-state index contributed by atoms with van der Waals surface area (Å²) < 4.78 is 0. The highest BCUT2D eigenvalue weighted by atomic mass is 32.2. The molecular formula is C13H21NO2S2. The maximum absolute atomic E-state index is 11.8. The van der Waals surface area contributed by atoms with Gasteiger partial charge in [0.15, 0.2) is 0 Å². The van der Waals surface area contributed by atoms with E-state index in [0.717, 1.165) is 24.2 Å². The first-order valence-corrected chi connectivity index (χ1v) is 8.23. The normalized spacial score (nSPS) is 14.2. The molecular weight excluding hydrogens is 266 g/mol. The minimum Gasteiger partial charge on any atom is -0.387 e. The van der Waals surface area contributed by atoms with Gasteiger partial charge in [-0.3, -0.25) is 4.79 Å². The average molecular weight is 287 g/mol. The molecule has 2 atom stereocenters. The predicted molar refractivity (Wildman–Crippen MR) is 79.1 cm³/mol. The molecule has 0 saturated heterocycles. The minimum atomic E-state index is -0.604. The van der Waals surface area contributed by atoms with Crippen molar-refractivity contribution in [3.05, 3.63) is 22.4 Å². The number of hydrogen-bond donors (Lipinski definition) is 2. The van der Waals surface area contributed by atoms with Crippen molar-refractivity contribution in [2.75, 3.05) is 12.3 Å². The predicted octanol–water partition coefficient (Wildman–Crippen LogP) is 2.82. The lowest BCUT2D eigenvalue weighted by Gasteiger charge is -2.14. The highest BCUT2D eigenvalue weighted by Crippen LogP contribution is 2.16. The van der Waals surface area contributed by atoms with E-state index in [9.17, 15) is 9.90 Å². The van der Waals surface area contributed by atoms with E-state index in [1.54, 1.807) is 23.1 Å². The Morgan fingerprint density at radius 2 is 2.39 bits per heavy atom. The zero-order valence-electron chi connectivity index (χ0n) is 10.9. The van der Waals surface area contributed by atoms with Crippen molar-refractivity contribution in [1.29, 1.82) is 0 Å². The summed E-state index contributed by atoms with van der Waals surface area (Å²) in [6.45, 7) is 4.34. The van der Waals surface area contributed by atoms with Crippen LogP contribution in [0.5, 0.6) is 0 Å². The van der Waals surface area contributed by atoms with Crippen molar-refractivity contribution < 1.29 is 9.90 Å². The molecule has 0 aromatic carbocycles. The number of unbranched alkanes of at least 4 members (excludes halogenated alkanes) is 1. The Balaban J connectivity index is 2.23. The molecule has 0 saturated carbocycles. The van der Waals surface area contributed by atoms with Crippen LogP contribution in [0.25, 0.3) is 0 Å². The third kappa shape index (κ3) is 5.42. The first kappa shape index (κ1) is 15.5. The summed E-state index contributed by atoms with van der Waals surface area (Å²) in [6.07, 6.45) is 1.69. The van der Waals surface area contributed by atoms with Crippen LogP contribution in [-0.2, 0) is 4.79 Å². The fraction of sp³-hybridized carbons (Fsp3) is 0.615. The molecule has 102 valence electrons. The zero-order chi connectivity index (χ0) is 13.4. The topological polar surface area (TPSA) is 49.3 Å². The lowest BCUT2D eigenvalue weighted by Crippen LogP contribution is -2.34. The summed E-state index contributed by atoms with van der Waals surface area (Å²) in [6, 6.07) is 1.88. The van der Waals surface area contributed by atoms with Crippen molar-refractivity contribution in [1.82, 2.24) is 5.32 Å². The molecule has 0 bridgehead atoms. The second kappa shape index (κ2) is 8.56. The summed E-state index contributed by atoms with van der Waals surface area (Å²) in [4.78, 5) is 11.8. The van der Waals surface area contributed by atoms with Gasteiger partial charge in [-0.1, -0.05) is 13.3 Å². The fourth-order valence-electron chi connectivity index (χ4n) is 1.40. The van der Waals surface area contributed by atoms with Gasteiger partial charge >= 0.3 is 0 Å². The number of aliphatic hydroxyl groups excluding tert-OH is 1. The third-order valence-corrected chi connectivity index (χ3v) is 4.57. The summed E-state index contributed by atoms with van der Waals surface area (Å²) >= 11 is 3.21. The maximum atomic E-state index is 11.8. The van der Waals surface area contributed by atoms with Gasteiger partial charge in [0.2, 0.25) is 5.91 Å². The number of rotatable bonds is 8. The molecule has 1 heterocycles. The van der Waals surface area contributed by atoms with Gasteiger partial charge in [0, 0.05) is 6.54 Å². The molecule has 1 rings (SSSR count). The summed E-state index contributed by atoms with van der Waals surface area (Å²) in [7, 11) is 0. The van der Waals surface area contributed by atoms with Crippen LogP contribution in [-0.4, -0.2) is 28.6 Å². The Hall–Kier alpha value is -0.520. The quantitative estimate of drug-likeness (QED) is 0.723. The van der Waals surface area contributed by atoms with E-state index in [0.29, 0.717) is 0 Å². The molecule has 1 aromatic rings. The highest BCUT2D eigenvalue weighted by Gasteiger charge is 2.15. The standard InChI is InChI=1S/C13H21NO2S2/c1-3-4-6-18-10(2)13(16)14-8-12(15)11-5-7-17-9-11/h5,7,9-10,12,15H,3-4,6,8H2,1-2H3,(H,14,16). The molecule has 1 aromatic heterocycles. The van der Waals surface area contributed by atoms with Crippen LogP contribution < -0.4 is 5.32 Å². The van der Waals surface area contributed by atoms with Gasteiger partial charge < -0.3 is 10.4 Å². The van der Waals surface area contributed by atoms with E-state index in [4.69, 9.17) is 0 Å². The van der Waals surface area contributed by atoms with Crippen LogP contribution >= 0.6 is 23.1 Å². The van der Waals surface area contributed by atoms with E-state index in [1.807, 2.05) is 23.8 Å². The number of nitrogens with one attached hydrogen (secondary N) is 1.